The van der Waals surface area contributed by atoms with Crippen molar-refractivity contribution in [3.63, 3.8) is 0 Å². The summed E-state index contributed by atoms with van der Waals surface area (Å²) in [5.41, 5.74) is 2.07. The molecule has 3 aromatic carbocycles. The summed E-state index contributed by atoms with van der Waals surface area (Å²) in [6.07, 6.45) is 0.0521. The quantitative estimate of drug-likeness (QED) is 0.199. The van der Waals surface area contributed by atoms with Gasteiger partial charge in [-0.25, -0.2) is 4.79 Å². The second-order valence-electron chi connectivity index (χ2n) is 7.53. The Morgan fingerprint density at radius 2 is 1.64 bits per heavy atom. The lowest BCUT2D eigenvalue weighted by molar-refractivity contribution is -0.709. The molecule has 4 aromatic rings. The molecule has 33 heavy (non-hydrogen) atoms. The second-order valence-corrected chi connectivity index (χ2v) is 7.53. The van der Waals surface area contributed by atoms with Gasteiger partial charge in [0.2, 0.25) is 11.0 Å². The molecule has 164 valence electrons. The molecule has 1 saturated heterocycles. The predicted octanol–water partition coefficient (Wildman–Crippen LogP) is 0.805. The number of carbonyl (C=O) groups is 3. The van der Waals surface area contributed by atoms with Gasteiger partial charge in [0.1, 0.15) is 12.3 Å². The smallest absolute Gasteiger partial charge is 0.363 e. The lowest BCUT2D eigenvalue weighted by Gasteiger charge is -2.13. The number of amides is 2. The van der Waals surface area contributed by atoms with E-state index < -0.39 is 23.7 Å². The summed E-state index contributed by atoms with van der Waals surface area (Å²) in [7, 11) is 1.77. The van der Waals surface area contributed by atoms with Crippen LogP contribution in [0.15, 0.2) is 65.8 Å². The van der Waals surface area contributed by atoms with Crippen molar-refractivity contribution in [3.8, 4) is 0 Å². The number of rotatable bonds is 4. The number of hydrogen-bond acceptors (Lipinski definition) is 7. The van der Waals surface area contributed by atoms with Crippen LogP contribution in [0.5, 0.6) is 0 Å². The van der Waals surface area contributed by atoms with Crippen molar-refractivity contribution < 1.29 is 29.0 Å². The minimum atomic E-state index is -0.811. The number of imide groups is 1. The molecule has 0 bridgehead atoms. The fourth-order valence-corrected chi connectivity index (χ4v) is 3.65. The minimum absolute atomic E-state index is 0.0261. The summed E-state index contributed by atoms with van der Waals surface area (Å²) in [6, 6.07) is 17.1. The average molecular weight is 443 g/mol. The van der Waals surface area contributed by atoms with Gasteiger partial charge in [-0.1, -0.05) is 35.4 Å². The molecule has 0 aliphatic carbocycles. The molecule has 0 N–H and O–H groups in total. The van der Waals surface area contributed by atoms with Crippen LogP contribution in [0.2, 0.25) is 0 Å². The second kappa shape index (κ2) is 7.83. The topological polar surface area (TPSA) is 121 Å². The molecule has 0 atom stereocenters. The first kappa shape index (κ1) is 20.3. The van der Waals surface area contributed by atoms with Gasteiger partial charge in [-0.15, -0.1) is 9.75 Å². The van der Waals surface area contributed by atoms with Gasteiger partial charge in [0.05, 0.1) is 5.56 Å². The van der Waals surface area contributed by atoms with Crippen LogP contribution in [0.4, 0.5) is 0 Å². The van der Waals surface area contributed by atoms with E-state index in [4.69, 9.17) is 4.84 Å². The minimum Gasteiger partial charge on any atom is -0.856 e. The zero-order valence-electron chi connectivity index (χ0n) is 17.5. The highest BCUT2D eigenvalue weighted by atomic mass is 16.7. The van der Waals surface area contributed by atoms with E-state index in [1.54, 1.807) is 42.1 Å². The zero-order valence-corrected chi connectivity index (χ0v) is 17.5. The number of hydrogen-bond donors (Lipinski definition) is 0. The fraction of sp³-hybridized carbons (Fsp3) is 0.130. The molecule has 1 aromatic heterocycles. The largest absolute Gasteiger partial charge is 0.856 e. The van der Waals surface area contributed by atoms with Gasteiger partial charge in [-0.2, -0.15) is 0 Å². The Bertz CT molecular complexity index is 1470. The monoisotopic (exact) mass is 443 g/mol. The standard InChI is InChI=1S/C23H17N5O5/c1-26-18-4-2-3-5-19(18)28(25-26)24-22(31)16-8-6-15-13-17(9-7-14(15)12-16)23(32)33-27-20(29)10-11-21(27)30/h2-9,12-13H,10-11H2,1H3. The Labute approximate surface area is 186 Å². The molecule has 10 heteroatoms. The molecule has 0 radical (unpaired) electrons. The Morgan fingerprint density at radius 3 is 2.36 bits per heavy atom. The predicted molar refractivity (Wildman–Crippen MR) is 113 cm³/mol. The summed E-state index contributed by atoms with van der Waals surface area (Å²) in [5.74, 6) is -2.37. The van der Waals surface area contributed by atoms with E-state index >= 15 is 0 Å². The average Bonchev–Trinajstić information content (AvgIpc) is 3.31. The van der Waals surface area contributed by atoms with E-state index in [0.29, 0.717) is 26.9 Å². The summed E-state index contributed by atoms with van der Waals surface area (Å²) in [5, 5.41) is 23.0. The van der Waals surface area contributed by atoms with Crippen molar-refractivity contribution in [2.75, 3.05) is 0 Å². The summed E-state index contributed by atoms with van der Waals surface area (Å²) >= 11 is 0. The molecule has 2 amide bonds. The maximum absolute atomic E-state index is 12.8. The highest BCUT2D eigenvalue weighted by Crippen LogP contribution is 2.20. The van der Waals surface area contributed by atoms with Crippen molar-refractivity contribution in [2.24, 2.45) is 12.1 Å². The summed E-state index contributed by atoms with van der Waals surface area (Å²) < 4.78 is 1.64. The third-order valence-electron chi connectivity index (χ3n) is 5.35. The highest BCUT2D eigenvalue weighted by Gasteiger charge is 2.33. The number of benzene rings is 3. The van der Waals surface area contributed by atoms with E-state index in [2.05, 4.69) is 10.3 Å². The van der Waals surface area contributed by atoms with Gasteiger partial charge in [-0.05, 0) is 46.7 Å². The van der Waals surface area contributed by atoms with Gasteiger partial charge in [-0.3, -0.25) is 9.59 Å². The molecular formula is C23H17N5O5. The van der Waals surface area contributed by atoms with E-state index in [1.165, 1.54) is 10.9 Å². The van der Waals surface area contributed by atoms with Crippen LogP contribution < -0.4 is 9.79 Å². The van der Waals surface area contributed by atoms with Gasteiger partial charge in [0, 0.05) is 23.5 Å². The summed E-state index contributed by atoms with van der Waals surface area (Å²) in [6.45, 7) is 0. The van der Waals surface area contributed by atoms with Gasteiger partial charge in [0.25, 0.3) is 11.8 Å². The molecule has 1 fully saturated rings. The first-order valence-electron chi connectivity index (χ1n) is 10.1. The van der Waals surface area contributed by atoms with Crippen molar-refractivity contribution in [3.05, 3.63) is 71.8 Å². The number of nitrogens with zero attached hydrogens (tertiary/aromatic N) is 5. The maximum Gasteiger partial charge on any atom is 0.363 e. The van der Waals surface area contributed by atoms with Crippen molar-refractivity contribution >= 4 is 45.5 Å². The number of carbonyl (C=O) groups excluding carboxylic acids is 3. The van der Waals surface area contributed by atoms with Gasteiger partial charge < -0.3 is 9.94 Å². The zero-order chi connectivity index (χ0) is 23.1. The number of hydroxylamine groups is 2. The van der Waals surface area contributed by atoms with Crippen molar-refractivity contribution in [2.45, 2.75) is 12.8 Å². The van der Waals surface area contributed by atoms with Crippen LogP contribution in [-0.4, -0.2) is 38.7 Å². The maximum atomic E-state index is 12.8. The molecule has 1 aliphatic heterocycles. The Morgan fingerprint density at radius 1 is 1.00 bits per heavy atom. The third-order valence-corrected chi connectivity index (χ3v) is 5.35. The van der Waals surface area contributed by atoms with Crippen LogP contribution in [0.25, 0.3) is 21.8 Å². The van der Waals surface area contributed by atoms with E-state index in [9.17, 15) is 19.5 Å². The Hall–Kier alpha value is -4.60. The van der Waals surface area contributed by atoms with Crippen LogP contribution in [0.1, 0.15) is 28.8 Å². The lowest BCUT2D eigenvalue weighted by Crippen LogP contribution is -2.32. The van der Waals surface area contributed by atoms with Crippen LogP contribution in [0, 0.1) is 0 Å². The molecule has 1 aliphatic rings. The van der Waals surface area contributed by atoms with E-state index in [1.807, 2.05) is 24.3 Å². The van der Waals surface area contributed by atoms with Crippen LogP contribution in [0.3, 0.4) is 0 Å². The first-order chi connectivity index (χ1) is 15.9. The molecule has 0 saturated carbocycles. The SMILES string of the molecule is C[n+]1nn(/N=C(\[O-])c2ccc3cc(C(=O)ON4C(=O)CCC4=O)ccc3c2)c2ccccc21. The van der Waals surface area contributed by atoms with Crippen molar-refractivity contribution in [1.29, 1.82) is 0 Å². The van der Waals surface area contributed by atoms with Crippen LogP contribution in [-0.2, 0) is 21.5 Å². The molecule has 2 heterocycles. The third kappa shape index (κ3) is 3.67. The number of aromatic nitrogens is 3. The number of aryl methyl sites for hydroxylation is 1. The molecule has 0 spiro atoms. The Balaban J connectivity index is 1.42. The molecule has 0 unspecified atom stereocenters. The van der Waals surface area contributed by atoms with E-state index in [-0.39, 0.29) is 18.4 Å². The van der Waals surface area contributed by atoms with Gasteiger partial charge >= 0.3 is 5.97 Å². The van der Waals surface area contributed by atoms with Gasteiger partial charge in [0.15, 0.2) is 0 Å². The normalized spacial score (nSPS) is 14.5. The van der Waals surface area contributed by atoms with Crippen molar-refractivity contribution in [1.82, 2.24) is 15.1 Å². The molecular weight excluding hydrogens is 426 g/mol. The number of para-hydroxylation sites is 2. The molecule has 10 nitrogen and oxygen atoms in total. The molecule has 5 rings (SSSR count). The lowest BCUT2D eigenvalue weighted by atomic mass is 10.0. The van der Waals surface area contributed by atoms with Crippen LogP contribution >= 0.6 is 0 Å². The Kier molecular flexibility index (Phi) is 4.82. The summed E-state index contributed by atoms with van der Waals surface area (Å²) in [4.78, 5) is 41.9. The van der Waals surface area contributed by atoms with E-state index in [0.717, 1.165) is 5.52 Å². The first-order valence-corrected chi connectivity index (χ1v) is 10.1. The number of fused-ring (bicyclic) bond motifs is 2. The fourth-order valence-electron chi connectivity index (χ4n) is 3.65. The highest BCUT2D eigenvalue weighted by molar-refractivity contribution is 6.04.